The largest absolute Gasteiger partial charge is 0.489 e. The average Bonchev–Trinajstić information content (AvgIpc) is 2.07. The fourth-order valence-electron chi connectivity index (χ4n) is 1.05. The Bertz CT molecular complexity index is 347. The number of rotatable bonds is 3. The summed E-state index contributed by atoms with van der Waals surface area (Å²) < 4.78 is 5.48. The number of ether oxygens (including phenoxy) is 1. The van der Waals surface area contributed by atoms with Crippen LogP contribution in [0.3, 0.4) is 0 Å². The summed E-state index contributed by atoms with van der Waals surface area (Å²) in [5, 5.41) is 0.558. The molecule has 0 heterocycles. The molecule has 1 rings (SSSR count). The Hall–Kier alpha value is -1.15. The van der Waals surface area contributed by atoms with Crippen molar-refractivity contribution in [1.29, 1.82) is 0 Å². The van der Waals surface area contributed by atoms with E-state index in [-0.39, 0.29) is 6.10 Å². The minimum Gasteiger partial charge on any atom is -0.489 e. The molecule has 0 atom stereocenters. The summed E-state index contributed by atoms with van der Waals surface area (Å²) >= 11 is 6.00. The zero-order valence-electron chi connectivity index (χ0n) is 8.38. The molecule has 0 amide bonds. The molecule has 0 radical (unpaired) electrons. The van der Waals surface area contributed by atoms with Crippen LogP contribution in [-0.4, -0.2) is 6.10 Å². The Labute approximate surface area is 89.3 Å². The van der Waals surface area contributed by atoms with Crippen molar-refractivity contribution >= 4 is 17.3 Å². The van der Waals surface area contributed by atoms with E-state index in [0.29, 0.717) is 16.5 Å². The van der Waals surface area contributed by atoms with Crippen molar-refractivity contribution < 1.29 is 4.74 Å². The highest BCUT2D eigenvalue weighted by molar-refractivity contribution is 6.32. The molecule has 3 heteroatoms. The van der Waals surface area contributed by atoms with Gasteiger partial charge in [-0.2, -0.15) is 0 Å². The van der Waals surface area contributed by atoms with Crippen LogP contribution in [0, 0.1) is 0 Å². The van der Waals surface area contributed by atoms with Crippen molar-refractivity contribution in [3.05, 3.63) is 35.4 Å². The van der Waals surface area contributed by atoms with Crippen LogP contribution in [0.5, 0.6) is 5.75 Å². The Kier molecular flexibility index (Phi) is 3.42. The Balaban J connectivity index is 2.95. The molecular formula is C11H14ClNO. The van der Waals surface area contributed by atoms with Crippen molar-refractivity contribution in [3.8, 4) is 5.75 Å². The number of halogens is 1. The molecule has 0 aliphatic heterocycles. The highest BCUT2D eigenvalue weighted by Gasteiger charge is 2.05. The Morgan fingerprint density at radius 1 is 1.50 bits per heavy atom. The van der Waals surface area contributed by atoms with Crippen LogP contribution in [-0.2, 0) is 0 Å². The fraction of sp³-hybridized carbons (Fsp3) is 0.273. The maximum Gasteiger partial charge on any atom is 0.138 e. The molecule has 0 saturated heterocycles. The zero-order valence-corrected chi connectivity index (χ0v) is 9.14. The van der Waals surface area contributed by atoms with Crippen molar-refractivity contribution in [2.24, 2.45) is 5.73 Å². The molecule has 2 nitrogen and oxygen atoms in total. The van der Waals surface area contributed by atoms with Gasteiger partial charge in [0.2, 0.25) is 0 Å². The number of hydrogen-bond acceptors (Lipinski definition) is 2. The topological polar surface area (TPSA) is 35.2 Å². The first-order valence-corrected chi connectivity index (χ1v) is 4.79. The van der Waals surface area contributed by atoms with Gasteiger partial charge in [-0.1, -0.05) is 18.2 Å². The molecule has 76 valence electrons. The van der Waals surface area contributed by atoms with E-state index in [1.165, 1.54) is 0 Å². The second kappa shape index (κ2) is 4.38. The molecule has 0 saturated carbocycles. The summed E-state index contributed by atoms with van der Waals surface area (Å²) in [5.74, 6) is 0.673. The molecule has 1 aromatic carbocycles. The first-order valence-electron chi connectivity index (χ1n) is 4.41. The molecule has 0 fully saturated rings. The van der Waals surface area contributed by atoms with Crippen molar-refractivity contribution in [2.75, 3.05) is 0 Å². The summed E-state index contributed by atoms with van der Waals surface area (Å²) in [6.07, 6.45) is 0.111. The lowest BCUT2D eigenvalue weighted by molar-refractivity contribution is 0.242. The molecule has 0 aliphatic rings. The van der Waals surface area contributed by atoms with Gasteiger partial charge in [0.25, 0.3) is 0 Å². The van der Waals surface area contributed by atoms with Crippen LogP contribution in [0.15, 0.2) is 24.8 Å². The molecule has 0 unspecified atom stereocenters. The minimum atomic E-state index is 0.111. The lowest BCUT2D eigenvalue weighted by atomic mass is 10.2. The van der Waals surface area contributed by atoms with Crippen molar-refractivity contribution in [1.82, 2.24) is 0 Å². The molecule has 0 aliphatic carbocycles. The Morgan fingerprint density at radius 3 is 2.57 bits per heavy atom. The van der Waals surface area contributed by atoms with E-state index < -0.39 is 0 Å². The van der Waals surface area contributed by atoms with E-state index in [9.17, 15) is 0 Å². The molecule has 0 bridgehead atoms. The quantitative estimate of drug-likeness (QED) is 0.834. The highest BCUT2D eigenvalue weighted by Crippen LogP contribution is 2.27. The second-order valence-corrected chi connectivity index (χ2v) is 3.74. The first kappa shape index (κ1) is 10.9. The normalized spacial score (nSPS) is 10.3. The molecule has 1 aromatic rings. The summed E-state index contributed by atoms with van der Waals surface area (Å²) in [5.41, 5.74) is 6.87. The number of nitrogens with two attached hydrogens (primary N) is 1. The minimum absolute atomic E-state index is 0.111. The standard InChI is InChI=1S/C11H14ClNO/c1-7(2)14-11-5-4-9(8(3)13)6-10(11)12/h4-7H,3,13H2,1-2H3. The average molecular weight is 212 g/mol. The molecule has 0 aromatic heterocycles. The van der Waals surface area contributed by atoms with Gasteiger partial charge >= 0.3 is 0 Å². The van der Waals surface area contributed by atoms with Gasteiger partial charge in [0.05, 0.1) is 11.1 Å². The van der Waals surface area contributed by atoms with Crippen LogP contribution >= 0.6 is 11.6 Å². The van der Waals surface area contributed by atoms with Gasteiger partial charge in [-0.15, -0.1) is 0 Å². The van der Waals surface area contributed by atoms with Gasteiger partial charge < -0.3 is 10.5 Å². The monoisotopic (exact) mass is 211 g/mol. The van der Waals surface area contributed by atoms with E-state index in [0.717, 1.165) is 5.56 Å². The Morgan fingerprint density at radius 2 is 2.14 bits per heavy atom. The fourth-order valence-corrected chi connectivity index (χ4v) is 1.28. The zero-order chi connectivity index (χ0) is 10.7. The van der Waals surface area contributed by atoms with Crippen LogP contribution < -0.4 is 10.5 Å². The van der Waals surface area contributed by atoms with Crippen LogP contribution in [0.25, 0.3) is 5.70 Å². The van der Waals surface area contributed by atoms with E-state index in [1.54, 1.807) is 12.1 Å². The van der Waals surface area contributed by atoms with Crippen LogP contribution in [0.1, 0.15) is 19.4 Å². The third-order valence-electron chi connectivity index (χ3n) is 1.67. The van der Waals surface area contributed by atoms with Crippen LogP contribution in [0.4, 0.5) is 0 Å². The smallest absolute Gasteiger partial charge is 0.138 e. The lowest BCUT2D eigenvalue weighted by Crippen LogP contribution is -2.06. The van der Waals surface area contributed by atoms with Gasteiger partial charge in [-0.05, 0) is 37.6 Å². The van der Waals surface area contributed by atoms with Gasteiger partial charge in [0.15, 0.2) is 0 Å². The molecule has 0 spiro atoms. The maximum atomic E-state index is 6.00. The number of benzene rings is 1. The molecule has 14 heavy (non-hydrogen) atoms. The summed E-state index contributed by atoms with van der Waals surface area (Å²) in [6.45, 7) is 7.54. The molecule has 2 N–H and O–H groups in total. The second-order valence-electron chi connectivity index (χ2n) is 3.34. The third kappa shape index (κ3) is 2.67. The third-order valence-corrected chi connectivity index (χ3v) is 1.96. The van der Waals surface area contributed by atoms with Crippen molar-refractivity contribution in [2.45, 2.75) is 20.0 Å². The van der Waals surface area contributed by atoms with Crippen molar-refractivity contribution in [3.63, 3.8) is 0 Å². The van der Waals surface area contributed by atoms with Gasteiger partial charge in [0, 0.05) is 5.70 Å². The predicted molar refractivity (Wildman–Crippen MR) is 60.4 cm³/mol. The summed E-state index contributed by atoms with van der Waals surface area (Å²) in [7, 11) is 0. The lowest BCUT2D eigenvalue weighted by Gasteiger charge is -2.12. The van der Waals surface area contributed by atoms with E-state index in [1.807, 2.05) is 19.9 Å². The summed E-state index contributed by atoms with van der Waals surface area (Å²) in [4.78, 5) is 0. The predicted octanol–water partition coefficient (Wildman–Crippen LogP) is 3.06. The highest BCUT2D eigenvalue weighted by atomic mass is 35.5. The van der Waals surface area contributed by atoms with Crippen LogP contribution in [0.2, 0.25) is 5.02 Å². The van der Waals surface area contributed by atoms with E-state index in [2.05, 4.69) is 6.58 Å². The molecular weight excluding hydrogens is 198 g/mol. The van der Waals surface area contributed by atoms with E-state index in [4.69, 9.17) is 22.1 Å². The summed E-state index contributed by atoms with van der Waals surface area (Å²) in [6, 6.07) is 5.39. The van der Waals surface area contributed by atoms with Gasteiger partial charge in [-0.25, -0.2) is 0 Å². The number of hydrogen-bond donors (Lipinski definition) is 1. The van der Waals surface area contributed by atoms with Gasteiger partial charge in [-0.3, -0.25) is 0 Å². The maximum absolute atomic E-state index is 6.00. The van der Waals surface area contributed by atoms with Gasteiger partial charge in [0.1, 0.15) is 5.75 Å². The first-order chi connectivity index (χ1) is 6.50. The van der Waals surface area contributed by atoms with E-state index >= 15 is 0 Å². The SMILES string of the molecule is C=C(N)c1ccc(OC(C)C)c(Cl)c1.